The molecule has 0 radical (unpaired) electrons. The van der Waals surface area contributed by atoms with Crippen LogP contribution in [-0.2, 0) is 13.0 Å². The highest BCUT2D eigenvalue weighted by Crippen LogP contribution is 2.42. The molecule has 2 aliphatic heterocycles. The minimum Gasteiger partial charge on any atom is -1.00 e. The molecule has 5 nitrogen and oxygen atoms in total. The van der Waals surface area contributed by atoms with Crippen molar-refractivity contribution in [1.82, 2.24) is 0 Å². The lowest BCUT2D eigenvalue weighted by atomic mass is 9.95. The molecular weight excluding hydrogens is 550 g/mol. The van der Waals surface area contributed by atoms with Crippen molar-refractivity contribution in [2.75, 3.05) is 19.2 Å². The van der Waals surface area contributed by atoms with Gasteiger partial charge in [0.25, 0.3) is 0 Å². The predicted molar refractivity (Wildman–Crippen MR) is 133 cm³/mol. The fraction of sp³-hybridized carbons (Fsp3) is 0.222. The molecule has 6 rings (SSSR count). The zero-order valence-electron chi connectivity index (χ0n) is 19.1. The van der Waals surface area contributed by atoms with Crippen molar-refractivity contribution >= 4 is 34.4 Å². The van der Waals surface area contributed by atoms with Crippen LogP contribution < -0.4 is 40.0 Å². The molecule has 0 saturated heterocycles. The lowest BCUT2D eigenvalue weighted by Gasteiger charge is -2.17. The number of nitrogens with zero attached hydrogens (tertiary/aromatic N) is 1. The van der Waals surface area contributed by atoms with Crippen molar-refractivity contribution in [2.45, 2.75) is 24.8 Å². The average Bonchev–Trinajstić information content (AvgIpc) is 3.32. The Balaban J connectivity index is 0.00000253. The van der Waals surface area contributed by atoms with Gasteiger partial charge in [0.15, 0.2) is 35.7 Å². The van der Waals surface area contributed by atoms with Crippen LogP contribution in [0.15, 0.2) is 65.7 Å². The number of halogens is 2. The molecule has 8 heteroatoms. The van der Waals surface area contributed by atoms with Crippen LogP contribution >= 0.6 is 23.6 Å². The summed E-state index contributed by atoms with van der Waals surface area (Å²) in [7, 11) is 0. The summed E-state index contributed by atoms with van der Waals surface area (Å²) in [6, 6.07) is 18.7. The van der Waals surface area contributed by atoms with Crippen molar-refractivity contribution in [3.63, 3.8) is 0 Å². The van der Waals surface area contributed by atoms with E-state index >= 15 is 0 Å². The van der Waals surface area contributed by atoms with E-state index in [9.17, 15) is 0 Å². The van der Waals surface area contributed by atoms with Gasteiger partial charge in [-0.25, -0.2) is 0 Å². The zero-order chi connectivity index (χ0) is 23.1. The van der Waals surface area contributed by atoms with Crippen LogP contribution in [-0.4, -0.2) is 19.2 Å². The molecule has 0 fully saturated rings. The third-order valence-corrected chi connectivity index (χ3v) is 7.65. The van der Waals surface area contributed by atoms with E-state index in [1.165, 1.54) is 21.6 Å². The minimum atomic E-state index is 0. The summed E-state index contributed by atoms with van der Waals surface area (Å²) in [5, 5.41) is 2.04. The van der Waals surface area contributed by atoms with Crippen LogP contribution in [0.1, 0.15) is 11.1 Å². The monoisotopic (exact) mass is 571 g/mol. The van der Waals surface area contributed by atoms with E-state index in [-0.39, 0.29) is 23.8 Å². The third-order valence-electron chi connectivity index (χ3n) is 6.34. The van der Waals surface area contributed by atoms with Crippen LogP contribution in [0.5, 0.6) is 23.0 Å². The van der Waals surface area contributed by atoms with Crippen molar-refractivity contribution in [3.8, 4) is 34.3 Å². The number of ether oxygens (including phenoxy) is 3. The zero-order valence-corrected chi connectivity index (χ0v) is 22.2. The van der Waals surface area contributed by atoms with E-state index in [1.54, 1.807) is 11.8 Å². The van der Waals surface area contributed by atoms with Crippen LogP contribution in [0.3, 0.4) is 0 Å². The van der Waals surface area contributed by atoms with Gasteiger partial charge in [-0.1, -0.05) is 18.2 Å². The van der Waals surface area contributed by atoms with E-state index in [2.05, 4.69) is 60.2 Å². The second-order valence-electron chi connectivity index (χ2n) is 8.40. The molecule has 0 saturated carbocycles. The van der Waals surface area contributed by atoms with Crippen LogP contribution in [0.2, 0.25) is 0 Å². The third kappa shape index (κ3) is 4.53. The number of aromatic nitrogens is 1. The fourth-order valence-electron chi connectivity index (χ4n) is 4.62. The molecule has 0 N–H and O–H groups in total. The highest BCUT2D eigenvalue weighted by atomic mass is 79.9. The van der Waals surface area contributed by atoms with Crippen molar-refractivity contribution in [1.29, 1.82) is 0 Å². The molecule has 0 unspecified atom stereocenters. The number of hydrogen-bond donors (Lipinski definition) is 0. The molecule has 0 amide bonds. The molecule has 3 heterocycles. The van der Waals surface area contributed by atoms with Gasteiger partial charge in [-0.3, -0.25) is 0 Å². The Hall–Kier alpha value is -2.61. The van der Waals surface area contributed by atoms with Gasteiger partial charge >= 0.3 is 0 Å². The fourth-order valence-corrected chi connectivity index (χ4v) is 5.60. The van der Waals surface area contributed by atoms with Gasteiger partial charge in [-0.05, 0) is 53.8 Å². The Bertz CT molecular complexity index is 1410. The first kappa shape index (κ1) is 24.1. The Morgan fingerprint density at radius 1 is 1.06 bits per heavy atom. The summed E-state index contributed by atoms with van der Waals surface area (Å²) in [6.07, 6.45) is 3.06. The van der Waals surface area contributed by atoms with E-state index in [1.807, 2.05) is 12.1 Å². The highest BCUT2D eigenvalue weighted by molar-refractivity contribution is 7.99. The quantitative estimate of drug-likeness (QED) is 0.202. The first-order chi connectivity index (χ1) is 16.7. The van der Waals surface area contributed by atoms with Gasteiger partial charge in [0.05, 0.1) is 17.6 Å². The molecule has 3 aromatic carbocycles. The average molecular weight is 573 g/mol. The summed E-state index contributed by atoms with van der Waals surface area (Å²) >= 11 is 7.59. The lowest BCUT2D eigenvalue weighted by Crippen LogP contribution is -3.00. The predicted octanol–water partition coefficient (Wildman–Crippen LogP) is 3.10. The van der Waals surface area contributed by atoms with Gasteiger partial charge in [0.1, 0.15) is 11.9 Å². The summed E-state index contributed by atoms with van der Waals surface area (Å²) < 4.78 is 24.8. The van der Waals surface area contributed by atoms with Gasteiger partial charge in [-0.15, -0.1) is 11.8 Å². The highest BCUT2D eigenvalue weighted by Gasteiger charge is 2.28. The first-order valence-electron chi connectivity index (χ1n) is 11.2. The van der Waals surface area contributed by atoms with Gasteiger partial charge in [-0.2, -0.15) is 4.57 Å². The molecule has 2 aliphatic rings. The van der Waals surface area contributed by atoms with E-state index < -0.39 is 0 Å². The van der Waals surface area contributed by atoms with E-state index in [0.717, 1.165) is 46.7 Å². The number of fused-ring (bicyclic) bond motifs is 5. The summed E-state index contributed by atoms with van der Waals surface area (Å²) in [5.41, 5.74) is 4.86. The Kier molecular flexibility index (Phi) is 7.00. The molecule has 4 aromatic rings. The van der Waals surface area contributed by atoms with Gasteiger partial charge < -0.3 is 35.5 Å². The van der Waals surface area contributed by atoms with Crippen molar-refractivity contribution in [2.24, 2.45) is 0 Å². The van der Waals surface area contributed by atoms with Crippen LogP contribution in [0.4, 0.5) is 0 Å². The summed E-state index contributed by atoms with van der Waals surface area (Å²) in [4.78, 5) is 1.27. The smallest absolute Gasteiger partial charge is 0.231 e. The largest absolute Gasteiger partial charge is 1.00 e. The van der Waals surface area contributed by atoms with Crippen LogP contribution in [0, 0.1) is 6.92 Å². The Labute approximate surface area is 223 Å². The SMILES string of the molecule is Cc1ccccc1SCCOc1c(OCl)ccc2cc3[n+](cc12)CCc1cc2c(cc1-3)OCO2.[Br-]. The summed E-state index contributed by atoms with van der Waals surface area (Å²) in [5.74, 6) is 3.64. The molecule has 180 valence electrons. The molecule has 1 aromatic heterocycles. The standard InChI is InChI=1S/C27H23ClNO4S.BrH/c1-17-4-2-3-5-26(17)34-11-10-30-27-21-15-29-9-8-19-13-24-25(32-16-31-24)14-20(19)22(29)12-18(21)6-7-23(27)33-28;/h2-7,12-15H,8-11,16H2,1H3;1H/q+1;/p-1. The second kappa shape index (κ2) is 10.2. The first-order valence-corrected chi connectivity index (χ1v) is 12.5. The van der Waals surface area contributed by atoms with Crippen molar-refractivity contribution < 1.29 is 40.0 Å². The van der Waals surface area contributed by atoms with Gasteiger partial charge in [0.2, 0.25) is 12.5 Å². The number of pyridine rings is 1. The number of thioether (sulfide) groups is 1. The Morgan fingerprint density at radius 2 is 1.89 bits per heavy atom. The van der Waals surface area contributed by atoms with E-state index in [0.29, 0.717) is 18.1 Å². The number of benzene rings is 3. The topological polar surface area (TPSA) is 40.8 Å². The normalized spacial score (nSPS) is 13.1. The second-order valence-corrected chi connectivity index (χ2v) is 9.69. The Morgan fingerprint density at radius 3 is 2.71 bits per heavy atom. The minimum absolute atomic E-state index is 0. The lowest BCUT2D eigenvalue weighted by molar-refractivity contribution is -0.686. The number of rotatable bonds is 6. The van der Waals surface area contributed by atoms with E-state index in [4.69, 9.17) is 30.4 Å². The maximum atomic E-state index is 6.24. The maximum Gasteiger partial charge on any atom is 0.231 e. The summed E-state index contributed by atoms with van der Waals surface area (Å²) in [6.45, 7) is 3.81. The number of hydrogen-bond acceptors (Lipinski definition) is 5. The molecule has 0 spiro atoms. The van der Waals surface area contributed by atoms with Crippen molar-refractivity contribution in [3.05, 3.63) is 71.9 Å². The molecular formula is C27H23BrClNO4S. The molecule has 35 heavy (non-hydrogen) atoms. The molecule has 0 aliphatic carbocycles. The molecule has 0 atom stereocenters. The van der Waals surface area contributed by atoms with Gasteiger partial charge in [0, 0.05) is 23.1 Å². The maximum absolute atomic E-state index is 6.24. The van der Waals surface area contributed by atoms with Crippen LogP contribution in [0.25, 0.3) is 22.0 Å². The number of aryl methyl sites for hydroxylation is 3. The molecule has 0 bridgehead atoms.